The zero-order valence-corrected chi connectivity index (χ0v) is 27.8. The second-order valence-corrected chi connectivity index (χ2v) is 12.9. The van der Waals surface area contributed by atoms with Crippen LogP contribution < -0.4 is 19.1 Å². The van der Waals surface area contributed by atoms with Crippen molar-refractivity contribution in [3.05, 3.63) is 119 Å². The van der Waals surface area contributed by atoms with Gasteiger partial charge in [-0.05, 0) is 67.4 Å². The summed E-state index contributed by atoms with van der Waals surface area (Å²) in [5.74, 6) is -0.185. The van der Waals surface area contributed by atoms with Crippen molar-refractivity contribution >= 4 is 39.1 Å². The topological polar surface area (TPSA) is 105 Å². The molecular weight excluding hydrogens is 626 g/mol. The van der Waals surface area contributed by atoms with Crippen LogP contribution in [0.5, 0.6) is 11.5 Å². The molecule has 0 aliphatic carbocycles. The lowest BCUT2D eigenvalue weighted by Gasteiger charge is -2.34. The number of nitrogens with zero attached hydrogens (tertiary/aromatic N) is 2. The largest absolute Gasteiger partial charge is 0.497 e. The van der Waals surface area contributed by atoms with Crippen molar-refractivity contribution < 1.29 is 27.5 Å². The average molecular weight is 664 g/mol. The number of halogens is 1. The highest BCUT2D eigenvalue weighted by atomic mass is 35.5. The Bertz CT molecular complexity index is 1750. The number of hydrogen-bond acceptors (Lipinski definition) is 6. The van der Waals surface area contributed by atoms with Crippen molar-refractivity contribution in [3.63, 3.8) is 0 Å². The predicted octanol–water partition coefficient (Wildman–Crippen LogP) is 5.64. The number of nitrogens with one attached hydrogen (secondary N) is 1. The Balaban J connectivity index is 1.85. The summed E-state index contributed by atoms with van der Waals surface area (Å²) in [6, 6.07) is 26.4. The Morgan fingerprint density at radius 3 is 2.22 bits per heavy atom. The molecule has 0 radical (unpaired) electrons. The molecule has 2 amide bonds. The van der Waals surface area contributed by atoms with E-state index in [-0.39, 0.29) is 40.2 Å². The van der Waals surface area contributed by atoms with Crippen LogP contribution in [-0.2, 0) is 32.6 Å². The Kier molecular flexibility index (Phi) is 11.7. The highest BCUT2D eigenvalue weighted by Crippen LogP contribution is 2.35. The maximum absolute atomic E-state index is 14.6. The molecule has 4 aromatic rings. The molecule has 1 atom stereocenters. The molecule has 0 spiro atoms. The summed E-state index contributed by atoms with van der Waals surface area (Å²) < 4.78 is 40.5. The number of benzene rings is 4. The molecule has 0 aromatic heterocycles. The quantitative estimate of drug-likeness (QED) is 0.187. The molecule has 0 heterocycles. The van der Waals surface area contributed by atoms with Gasteiger partial charge >= 0.3 is 0 Å². The fourth-order valence-corrected chi connectivity index (χ4v) is 6.61. The lowest BCUT2D eigenvalue weighted by Crippen LogP contribution is -2.53. The van der Waals surface area contributed by atoms with Gasteiger partial charge in [0.15, 0.2) is 0 Å². The summed E-state index contributed by atoms with van der Waals surface area (Å²) in [6.45, 7) is 3.37. The van der Waals surface area contributed by atoms with E-state index in [4.69, 9.17) is 21.1 Å². The lowest BCUT2D eigenvalue weighted by molar-refractivity contribution is -0.140. The van der Waals surface area contributed by atoms with E-state index in [1.807, 2.05) is 43.3 Å². The molecular formula is C35H38ClN3O6S. The summed E-state index contributed by atoms with van der Waals surface area (Å²) in [7, 11) is -1.37. The van der Waals surface area contributed by atoms with Gasteiger partial charge in [-0.15, -0.1) is 0 Å². The van der Waals surface area contributed by atoms with Crippen LogP contribution in [-0.4, -0.2) is 58.5 Å². The lowest BCUT2D eigenvalue weighted by atomic mass is 10.0. The molecule has 0 saturated carbocycles. The van der Waals surface area contributed by atoms with Crippen LogP contribution in [0.1, 0.15) is 23.6 Å². The van der Waals surface area contributed by atoms with Gasteiger partial charge in [-0.25, -0.2) is 8.42 Å². The van der Waals surface area contributed by atoms with Gasteiger partial charge in [0.05, 0.1) is 24.8 Å². The number of hydrogen-bond donors (Lipinski definition) is 1. The molecule has 4 rings (SSSR count). The number of carbonyl (C=O) groups is 2. The standard InChI is InChI=1S/C35H38ClN3O6S/c1-5-37-35(41)32(21-26-10-7-6-8-11-26)38(23-27-12-9-13-29(20-27)44-3)34(40)24-39(31-22-28(36)16-19-33(31)45-4)46(42,43)30-17-14-25(2)15-18-30/h6-20,22,32H,5,21,23-24H2,1-4H3,(H,37,41)/t32-/m0/s1. The molecule has 242 valence electrons. The van der Waals surface area contributed by atoms with E-state index in [2.05, 4.69) is 5.32 Å². The summed E-state index contributed by atoms with van der Waals surface area (Å²) in [5, 5.41) is 3.11. The Morgan fingerprint density at radius 1 is 0.870 bits per heavy atom. The maximum Gasteiger partial charge on any atom is 0.264 e. The number of amides is 2. The van der Waals surface area contributed by atoms with Crippen molar-refractivity contribution in [2.45, 2.75) is 37.8 Å². The average Bonchev–Trinajstić information content (AvgIpc) is 3.05. The zero-order valence-electron chi connectivity index (χ0n) is 26.3. The van der Waals surface area contributed by atoms with Crippen molar-refractivity contribution in [3.8, 4) is 11.5 Å². The van der Waals surface area contributed by atoms with E-state index in [0.29, 0.717) is 17.9 Å². The fourth-order valence-electron chi connectivity index (χ4n) is 5.02. The summed E-state index contributed by atoms with van der Waals surface area (Å²) in [6.07, 6.45) is 0.202. The minimum absolute atomic E-state index is 0.00969. The fraction of sp³-hybridized carbons (Fsp3) is 0.257. The minimum atomic E-state index is -4.32. The van der Waals surface area contributed by atoms with E-state index in [1.165, 1.54) is 30.2 Å². The summed E-state index contributed by atoms with van der Waals surface area (Å²) >= 11 is 6.35. The first kappa shape index (κ1) is 34.3. The van der Waals surface area contributed by atoms with Gasteiger partial charge in [0.1, 0.15) is 24.1 Å². The molecule has 0 unspecified atom stereocenters. The predicted molar refractivity (Wildman–Crippen MR) is 180 cm³/mol. The van der Waals surface area contributed by atoms with Gasteiger partial charge in [-0.1, -0.05) is 71.8 Å². The molecule has 0 aliphatic rings. The van der Waals surface area contributed by atoms with Crippen LogP contribution in [0.2, 0.25) is 5.02 Å². The molecule has 0 fully saturated rings. The van der Waals surface area contributed by atoms with Crippen LogP contribution >= 0.6 is 11.6 Å². The Morgan fingerprint density at radius 2 is 1.57 bits per heavy atom. The monoisotopic (exact) mass is 663 g/mol. The van der Waals surface area contributed by atoms with Gasteiger partial charge in [0, 0.05) is 24.5 Å². The van der Waals surface area contributed by atoms with Crippen LogP contribution in [0.3, 0.4) is 0 Å². The number of carbonyl (C=O) groups excluding carboxylic acids is 2. The molecule has 1 N–H and O–H groups in total. The second-order valence-electron chi connectivity index (χ2n) is 10.6. The SMILES string of the molecule is CCNC(=O)[C@H](Cc1ccccc1)N(Cc1cccc(OC)c1)C(=O)CN(c1cc(Cl)ccc1OC)S(=O)(=O)c1ccc(C)cc1. The number of rotatable bonds is 14. The third-order valence-corrected chi connectivity index (χ3v) is 9.42. The zero-order chi connectivity index (χ0) is 33.3. The van der Waals surface area contributed by atoms with E-state index in [1.54, 1.807) is 56.5 Å². The highest BCUT2D eigenvalue weighted by molar-refractivity contribution is 7.92. The first-order valence-electron chi connectivity index (χ1n) is 14.7. The van der Waals surface area contributed by atoms with Crippen molar-refractivity contribution in [1.82, 2.24) is 10.2 Å². The van der Waals surface area contributed by atoms with Gasteiger partial charge in [-0.3, -0.25) is 13.9 Å². The number of likely N-dealkylation sites (N-methyl/N-ethyl adjacent to an activating group) is 1. The molecule has 4 aromatic carbocycles. The third-order valence-electron chi connectivity index (χ3n) is 7.41. The van der Waals surface area contributed by atoms with E-state index in [0.717, 1.165) is 15.4 Å². The second kappa shape index (κ2) is 15.6. The molecule has 9 nitrogen and oxygen atoms in total. The molecule has 46 heavy (non-hydrogen) atoms. The first-order chi connectivity index (χ1) is 22.1. The number of methoxy groups -OCH3 is 2. The molecule has 0 aliphatic heterocycles. The van der Waals surface area contributed by atoms with E-state index in [9.17, 15) is 18.0 Å². The van der Waals surface area contributed by atoms with E-state index >= 15 is 0 Å². The smallest absolute Gasteiger partial charge is 0.264 e. The Labute approximate surface area is 275 Å². The molecule has 0 bridgehead atoms. The van der Waals surface area contributed by atoms with Crippen LogP contribution in [0, 0.1) is 6.92 Å². The van der Waals surface area contributed by atoms with Gasteiger partial charge < -0.3 is 19.7 Å². The number of sulfonamides is 1. The van der Waals surface area contributed by atoms with Gasteiger partial charge in [-0.2, -0.15) is 0 Å². The minimum Gasteiger partial charge on any atom is -0.497 e. The van der Waals surface area contributed by atoms with E-state index < -0.39 is 28.5 Å². The van der Waals surface area contributed by atoms with Crippen LogP contribution in [0.15, 0.2) is 102 Å². The van der Waals surface area contributed by atoms with Crippen LogP contribution in [0.4, 0.5) is 5.69 Å². The first-order valence-corrected chi connectivity index (χ1v) is 16.6. The number of aryl methyl sites for hydroxylation is 1. The number of anilines is 1. The summed E-state index contributed by atoms with van der Waals surface area (Å²) in [5.41, 5.74) is 2.49. The van der Waals surface area contributed by atoms with Gasteiger partial charge in [0.25, 0.3) is 10.0 Å². The Hall–Kier alpha value is -4.54. The third kappa shape index (κ3) is 8.38. The van der Waals surface area contributed by atoms with Crippen LogP contribution in [0.25, 0.3) is 0 Å². The van der Waals surface area contributed by atoms with Gasteiger partial charge in [0.2, 0.25) is 11.8 Å². The van der Waals surface area contributed by atoms with Crippen molar-refractivity contribution in [2.75, 3.05) is 31.6 Å². The normalized spacial score (nSPS) is 11.8. The van der Waals surface area contributed by atoms with Crippen molar-refractivity contribution in [1.29, 1.82) is 0 Å². The molecule has 11 heteroatoms. The number of ether oxygens (including phenoxy) is 2. The molecule has 0 saturated heterocycles. The summed E-state index contributed by atoms with van der Waals surface area (Å²) in [4.78, 5) is 29.6. The highest BCUT2D eigenvalue weighted by Gasteiger charge is 2.35. The van der Waals surface area contributed by atoms with Crippen molar-refractivity contribution in [2.24, 2.45) is 0 Å². The maximum atomic E-state index is 14.6.